The molecule has 0 aromatic heterocycles. The molecular formula is C18H22N4O2. The number of ether oxygens (including phenoxy) is 2. The highest BCUT2D eigenvalue weighted by Gasteiger charge is 2.79. The summed E-state index contributed by atoms with van der Waals surface area (Å²) in [5.41, 5.74) is -3.21. The Morgan fingerprint density at radius 1 is 1.17 bits per heavy atom. The van der Waals surface area contributed by atoms with Crippen molar-refractivity contribution >= 4 is 5.90 Å². The number of rotatable bonds is 4. The molecule has 3 aliphatic rings. The van der Waals surface area contributed by atoms with Gasteiger partial charge in [-0.3, -0.25) is 5.41 Å². The van der Waals surface area contributed by atoms with E-state index in [0.717, 1.165) is 32.1 Å². The van der Waals surface area contributed by atoms with Gasteiger partial charge in [-0.05, 0) is 19.3 Å². The molecule has 4 atom stereocenters. The average Bonchev–Trinajstić information content (AvgIpc) is 2.81. The minimum atomic E-state index is -1.69. The predicted molar refractivity (Wildman–Crippen MR) is 84.2 cm³/mol. The summed E-state index contributed by atoms with van der Waals surface area (Å²) in [5.74, 6) is -1.67. The zero-order valence-corrected chi connectivity index (χ0v) is 14.0. The normalized spacial score (nSPS) is 39.0. The van der Waals surface area contributed by atoms with E-state index in [1.165, 1.54) is 0 Å². The lowest BCUT2D eigenvalue weighted by atomic mass is 9.51. The number of nitrogens with one attached hydrogen (secondary N) is 1. The second kappa shape index (κ2) is 5.76. The first-order valence-electron chi connectivity index (χ1n) is 8.76. The van der Waals surface area contributed by atoms with E-state index in [0.29, 0.717) is 19.3 Å². The van der Waals surface area contributed by atoms with Gasteiger partial charge in [-0.2, -0.15) is 15.8 Å². The van der Waals surface area contributed by atoms with Gasteiger partial charge in [0, 0.05) is 6.42 Å². The molecule has 6 nitrogen and oxygen atoms in total. The van der Waals surface area contributed by atoms with Gasteiger partial charge in [-0.25, -0.2) is 0 Å². The molecule has 0 radical (unpaired) electrons. The lowest BCUT2D eigenvalue weighted by Gasteiger charge is -2.51. The maximum absolute atomic E-state index is 10.0. The van der Waals surface area contributed by atoms with E-state index < -0.39 is 28.6 Å². The van der Waals surface area contributed by atoms with Crippen molar-refractivity contribution in [2.45, 2.75) is 70.2 Å². The fourth-order valence-corrected chi connectivity index (χ4v) is 4.81. The molecule has 3 rings (SSSR count). The minimum absolute atomic E-state index is 0.252. The van der Waals surface area contributed by atoms with E-state index >= 15 is 0 Å². The Morgan fingerprint density at radius 3 is 2.54 bits per heavy atom. The number of nitrogens with zero attached hydrogens (tertiary/aromatic N) is 3. The SMILES string of the molecule is CCCCCC1OC23CCCCC2C(C#N)(C(=N)O3)C1(C#N)C#N. The Balaban J connectivity index is 2.13. The average molecular weight is 326 g/mol. The third-order valence-corrected chi connectivity index (χ3v) is 6.00. The molecule has 0 aromatic carbocycles. The molecule has 24 heavy (non-hydrogen) atoms. The van der Waals surface area contributed by atoms with Crippen molar-refractivity contribution in [1.82, 2.24) is 0 Å². The molecule has 2 saturated heterocycles. The molecule has 0 aromatic rings. The highest BCUT2D eigenvalue weighted by Crippen LogP contribution is 2.66. The summed E-state index contributed by atoms with van der Waals surface area (Å²) < 4.78 is 12.1. The zero-order chi connectivity index (χ0) is 17.4. The molecular weight excluding hydrogens is 304 g/mol. The lowest BCUT2D eigenvalue weighted by Crippen LogP contribution is -2.63. The Morgan fingerprint density at radius 2 is 1.92 bits per heavy atom. The minimum Gasteiger partial charge on any atom is -0.447 e. The van der Waals surface area contributed by atoms with E-state index in [2.05, 4.69) is 25.1 Å². The summed E-state index contributed by atoms with van der Waals surface area (Å²) in [6.07, 6.45) is 5.69. The van der Waals surface area contributed by atoms with Crippen molar-refractivity contribution in [1.29, 1.82) is 21.2 Å². The molecule has 1 N–H and O–H groups in total. The van der Waals surface area contributed by atoms with Crippen molar-refractivity contribution < 1.29 is 9.47 Å². The fraction of sp³-hybridized carbons (Fsp3) is 0.778. The van der Waals surface area contributed by atoms with Crippen molar-refractivity contribution in [2.24, 2.45) is 16.7 Å². The summed E-state index contributed by atoms with van der Waals surface area (Å²) in [6.45, 7) is 2.08. The molecule has 4 unspecified atom stereocenters. The van der Waals surface area contributed by atoms with Gasteiger partial charge in [-0.1, -0.05) is 32.6 Å². The fourth-order valence-electron chi connectivity index (χ4n) is 4.81. The first-order chi connectivity index (χ1) is 11.6. The number of hydrogen-bond acceptors (Lipinski definition) is 6. The molecule has 126 valence electrons. The van der Waals surface area contributed by atoms with Crippen molar-refractivity contribution in [3.05, 3.63) is 0 Å². The van der Waals surface area contributed by atoms with Gasteiger partial charge in [0.15, 0.2) is 10.8 Å². The van der Waals surface area contributed by atoms with Crippen LogP contribution in [0.15, 0.2) is 0 Å². The van der Waals surface area contributed by atoms with Gasteiger partial charge in [0.2, 0.25) is 11.7 Å². The highest BCUT2D eigenvalue weighted by molar-refractivity contribution is 5.89. The van der Waals surface area contributed by atoms with E-state index in [4.69, 9.17) is 14.9 Å². The van der Waals surface area contributed by atoms with E-state index in [9.17, 15) is 15.8 Å². The van der Waals surface area contributed by atoms with Crippen LogP contribution in [-0.2, 0) is 9.47 Å². The number of nitriles is 3. The molecule has 2 aliphatic heterocycles. The van der Waals surface area contributed by atoms with Crippen LogP contribution in [0.2, 0.25) is 0 Å². The molecule has 1 saturated carbocycles. The van der Waals surface area contributed by atoms with Crippen LogP contribution >= 0.6 is 0 Å². The zero-order valence-electron chi connectivity index (χ0n) is 14.0. The van der Waals surface area contributed by atoms with Crippen molar-refractivity contribution in [3.63, 3.8) is 0 Å². The summed E-state index contributed by atoms with van der Waals surface area (Å²) in [7, 11) is 0. The second-order valence-corrected chi connectivity index (χ2v) is 7.10. The first-order valence-corrected chi connectivity index (χ1v) is 8.76. The van der Waals surface area contributed by atoms with E-state index in [1.54, 1.807) is 0 Å². The Hall–Kier alpha value is -2.10. The van der Waals surface area contributed by atoms with Gasteiger partial charge in [0.25, 0.3) is 0 Å². The highest BCUT2D eigenvalue weighted by atomic mass is 16.7. The van der Waals surface area contributed by atoms with Gasteiger partial charge in [0.1, 0.15) is 0 Å². The molecule has 3 fully saturated rings. The van der Waals surface area contributed by atoms with Crippen molar-refractivity contribution in [2.75, 3.05) is 0 Å². The standard InChI is InChI=1S/C18H22N4O2/c1-2-3-4-8-14-16(10-19,11-20)17(12-21)13-7-5-6-9-18(13,23-14)24-15(17)22/h13-14,22H,2-9H2,1H3. The summed E-state index contributed by atoms with van der Waals surface area (Å²) in [6, 6.07) is 6.38. The smallest absolute Gasteiger partial charge is 0.217 e. The van der Waals surface area contributed by atoms with Crippen LogP contribution in [0.25, 0.3) is 0 Å². The third kappa shape index (κ3) is 1.80. The van der Waals surface area contributed by atoms with Crippen LogP contribution in [0.5, 0.6) is 0 Å². The second-order valence-electron chi connectivity index (χ2n) is 7.10. The molecule has 0 spiro atoms. The van der Waals surface area contributed by atoms with Gasteiger partial charge in [-0.15, -0.1) is 0 Å². The maximum Gasteiger partial charge on any atom is 0.217 e. The van der Waals surface area contributed by atoms with Gasteiger partial charge in [0.05, 0.1) is 30.2 Å². The molecule has 1 aliphatic carbocycles. The predicted octanol–water partition coefficient (Wildman–Crippen LogP) is 3.40. The Kier molecular flexibility index (Phi) is 4.02. The number of unbranched alkanes of at least 4 members (excludes halogenated alkanes) is 2. The van der Waals surface area contributed by atoms with Crippen molar-refractivity contribution in [3.8, 4) is 18.2 Å². The quantitative estimate of drug-likeness (QED) is 0.795. The summed E-state index contributed by atoms with van der Waals surface area (Å²) in [5, 5.41) is 38.3. The van der Waals surface area contributed by atoms with E-state index in [1.807, 2.05) is 0 Å². The lowest BCUT2D eigenvalue weighted by molar-refractivity contribution is -0.292. The molecule has 2 bridgehead atoms. The summed E-state index contributed by atoms with van der Waals surface area (Å²) in [4.78, 5) is 0. The number of hydrogen-bond donors (Lipinski definition) is 1. The van der Waals surface area contributed by atoms with Crippen LogP contribution in [0.3, 0.4) is 0 Å². The van der Waals surface area contributed by atoms with Gasteiger partial charge >= 0.3 is 0 Å². The molecule has 0 amide bonds. The van der Waals surface area contributed by atoms with Crippen LogP contribution in [-0.4, -0.2) is 17.8 Å². The maximum atomic E-state index is 10.0. The topological polar surface area (TPSA) is 114 Å². The molecule has 2 heterocycles. The first kappa shape index (κ1) is 16.7. The van der Waals surface area contributed by atoms with Crippen LogP contribution in [0, 0.1) is 56.2 Å². The largest absolute Gasteiger partial charge is 0.447 e. The van der Waals surface area contributed by atoms with Crippen LogP contribution < -0.4 is 0 Å². The molecule has 6 heteroatoms. The Labute approximate surface area is 142 Å². The van der Waals surface area contributed by atoms with Gasteiger partial charge < -0.3 is 9.47 Å². The van der Waals surface area contributed by atoms with Crippen LogP contribution in [0.1, 0.15) is 58.3 Å². The third-order valence-electron chi connectivity index (χ3n) is 6.00. The monoisotopic (exact) mass is 326 g/mol. The van der Waals surface area contributed by atoms with E-state index in [-0.39, 0.29) is 5.90 Å². The summed E-state index contributed by atoms with van der Waals surface area (Å²) >= 11 is 0. The Bertz CT molecular complexity index is 656. The van der Waals surface area contributed by atoms with Crippen LogP contribution in [0.4, 0.5) is 0 Å².